The fourth-order valence-corrected chi connectivity index (χ4v) is 3.00. The highest BCUT2D eigenvalue weighted by atomic mass is 28.3. The van der Waals surface area contributed by atoms with Crippen LogP contribution >= 0.6 is 0 Å². The minimum atomic E-state index is -1.03. The number of hydrogen-bond donors (Lipinski definition) is 0. The summed E-state index contributed by atoms with van der Waals surface area (Å²) in [5, 5.41) is 0. The lowest BCUT2D eigenvalue weighted by Gasteiger charge is -2.16. The van der Waals surface area contributed by atoms with Gasteiger partial charge in [0.25, 0.3) is 0 Å². The topological polar surface area (TPSA) is 29.5 Å². The van der Waals surface area contributed by atoms with Crippen LogP contribution in [0, 0.1) is 107 Å². The second-order valence-electron chi connectivity index (χ2n) is 7.08. The molecule has 0 saturated carbocycles. The number of rotatable bonds is 7. The molecule has 0 rings (SSSR count). The Morgan fingerprint density at radius 1 is 0.750 bits per heavy atom. The molecule has 0 aliphatic heterocycles. The van der Waals surface area contributed by atoms with Crippen molar-refractivity contribution in [2.45, 2.75) is 39.0 Å². The monoisotopic (exact) mass is 433 g/mol. The molecule has 1 amide bonds. The number of carbonyl (C=O) groups excluding carboxylic acids is 1. The van der Waals surface area contributed by atoms with E-state index in [4.69, 9.17) is 11.2 Å². The van der Waals surface area contributed by atoms with Gasteiger partial charge in [-0.1, -0.05) is 25.7 Å². The Hall–Kier alpha value is -4.31. The van der Waals surface area contributed by atoms with E-state index in [-0.39, 0.29) is 5.91 Å². The number of hydrogen-bond acceptors (Lipinski definition) is 2. The van der Waals surface area contributed by atoms with E-state index >= 15 is 0 Å². The van der Waals surface area contributed by atoms with E-state index in [0.29, 0.717) is 19.8 Å². The minimum absolute atomic E-state index is 0.157. The van der Waals surface area contributed by atoms with Crippen molar-refractivity contribution in [1.29, 1.82) is 0 Å². The van der Waals surface area contributed by atoms with Gasteiger partial charge in [-0.3, -0.25) is 9.69 Å². The molecule has 0 bridgehead atoms. The van der Waals surface area contributed by atoms with Crippen molar-refractivity contribution < 1.29 is 9.53 Å². The standard InChI is InChI=1S/C28H23NO2Si/c1-6-7-8-9-10-11-12-13-14-15-16-17-18-19-20-21-23-29(28(2)30)24-26-31-25-22-27-32(3,4)5/h1H,22,24-27H2,2-5H3. The van der Waals surface area contributed by atoms with Crippen LogP contribution in [0.1, 0.15) is 13.3 Å². The molecule has 156 valence electrons. The van der Waals surface area contributed by atoms with Gasteiger partial charge in [-0.2, -0.15) is 0 Å². The zero-order valence-electron chi connectivity index (χ0n) is 18.9. The molecule has 0 aliphatic rings. The average Bonchev–Trinajstić information content (AvgIpc) is 2.73. The summed E-state index contributed by atoms with van der Waals surface area (Å²) in [6.45, 7) is 10.0. The van der Waals surface area contributed by atoms with Gasteiger partial charge in [-0.15, -0.1) is 6.42 Å². The molecule has 0 N–H and O–H groups in total. The van der Waals surface area contributed by atoms with E-state index in [9.17, 15) is 4.79 Å². The Balaban J connectivity index is 4.45. The van der Waals surface area contributed by atoms with E-state index < -0.39 is 8.07 Å². The van der Waals surface area contributed by atoms with Crippen LogP contribution in [-0.2, 0) is 9.53 Å². The van der Waals surface area contributed by atoms with Gasteiger partial charge in [0.2, 0.25) is 5.91 Å². The highest BCUT2D eigenvalue weighted by Crippen LogP contribution is 2.10. The van der Waals surface area contributed by atoms with E-state index in [1.165, 1.54) is 17.9 Å². The van der Waals surface area contributed by atoms with Crippen molar-refractivity contribution in [2.24, 2.45) is 0 Å². The van der Waals surface area contributed by atoms with Crippen LogP contribution < -0.4 is 0 Å². The molecule has 0 aromatic carbocycles. The number of nitrogens with zero attached hydrogens (tertiary/aromatic N) is 1. The van der Waals surface area contributed by atoms with Gasteiger partial charge >= 0.3 is 0 Å². The molecule has 4 heteroatoms. The van der Waals surface area contributed by atoms with Crippen LogP contribution in [0.5, 0.6) is 0 Å². The molecular weight excluding hydrogens is 410 g/mol. The smallest absolute Gasteiger partial charge is 0.231 e. The third kappa shape index (κ3) is 20.4. The lowest BCUT2D eigenvalue weighted by Crippen LogP contribution is -2.27. The second-order valence-corrected chi connectivity index (χ2v) is 12.7. The number of ether oxygens (including phenoxy) is 1. The quantitative estimate of drug-likeness (QED) is 0.267. The van der Waals surface area contributed by atoms with Crippen molar-refractivity contribution in [3.8, 4) is 107 Å². The van der Waals surface area contributed by atoms with Gasteiger partial charge in [0.1, 0.15) is 0 Å². The van der Waals surface area contributed by atoms with Crippen LogP contribution in [-0.4, -0.2) is 38.6 Å². The van der Waals surface area contributed by atoms with Crippen LogP contribution in [0.4, 0.5) is 0 Å². The van der Waals surface area contributed by atoms with E-state index in [1.54, 1.807) is 0 Å². The molecule has 0 atom stereocenters. The Morgan fingerprint density at radius 3 is 1.59 bits per heavy atom. The summed E-state index contributed by atoms with van der Waals surface area (Å²) >= 11 is 0. The van der Waals surface area contributed by atoms with Crippen LogP contribution in [0.3, 0.4) is 0 Å². The molecule has 0 spiro atoms. The van der Waals surface area contributed by atoms with Gasteiger partial charge in [-0.05, 0) is 53.8 Å². The predicted molar refractivity (Wildman–Crippen MR) is 132 cm³/mol. The zero-order chi connectivity index (χ0) is 23.9. The Bertz CT molecular complexity index is 1200. The molecule has 0 unspecified atom stereocenters. The van der Waals surface area contributed by atoms with Gasteiger partial charge in [0.05, 0.1) is 13.2 Å². The van der Waals surface area contributed by atoms with Crippen molar-refractivity contribution in [2.75, 3.05) is 19.8 Å². The molecule has 0 radical (unpaired) electrons. The molecule has 0 fully saturated rings. The summed E-state index contributed by atoms with van der Waals surface area (Å²) in [6.07, 6.45) is 5.98. The molecular formula is C28H23NO2Si. The third-order valence-corrected chi connectivity index (χ3v) is 5.05. The van der Waals surface area contributed by atoms with Crippen molar-refractivity contribution in [3.05, 3.63) is 0 Å². The van der Waals surface area contributed by atoms with Gasteiger partial charge in [0.15, 0.2) is 0 Å². The lowest BCUT2D eigenvalue weighted by atomic mass is 10.4. The Kier molecular flexibility index (Phi) is 16.2. The Morgan fingerprint density at radius 2 is 1.19 bits per heavy atom. The first kappa shape index (κ1) is 27.7. The summed E-state index contributed by atoms with van der Waals surface area (Å²) in [6, 6.07) is 3.92. The van der Waals surface area contributed by atoms with Gasteiger partial charge in [0, 0.05) is 75.0 Å². The van der Waals surface area contributed by atoms with Gasteiger partial charge < -0.3 is 4.74 Å². The minimum Gasteiger partial charge on any atom is -0.380 e. The summed E-state index contributed by atoms with van der Waals surface area (Å²) < 4.78 is 5.59. The maximum atomic E-state index is 11.6. The lowest BCUT2D eigenvalue weighted by molar-refractivity contribution is -0.126. The molecule has 0 heterocycles. The summed E-state index contributed by atoms with van der Waals surface area (Å²) in [4.78, 5) is 13.0. The first-order valence-electron chi connectivity index (χ1n) is 9.69. The highest BCUT2D eigenvalue weighted by Gasteiger charge is 2.11. The number of amides is 1. The molecule has 0 aromatic rings. The van der Waals surface area contributed by atoms with E-state index in [0.717, 1.165) is 6.42 Å². The molecule has 0 aromatic heterocycles. The van der Waals surface area contributed by atoms with E-state index in [2.05, 4.69) is 120 Å². The Labute approximate surface area is 194 Å². The number of carbonyl (C=O) groups is 1. The van der Waals surface area contributed by atoms with Crippen LogP contribution in [0.2, 0.25) is 25.7 Å². The summed E-state index contributed by atoms with van der Waals surface area (Å²) in [5.74, 6) is 39.4. The first-order valence-corrected chi connectivity index (χ1v) is 13.4. The van der Waals surface area contributed by atoms with Crippen molar-refractivity contribution >= 4 is 14.0 Å². The molecule has 3 nitrogen and oxygen atoms in total. The fourth-order valence-electron chi connectivity index (χ4n) is 1.79. The predicted octanol–water partition coefficient (Wildman–Crippen LogP) is 2.20. The van der Waals surface area contributed by atoms with Crippen molar-refractivity contribution in [3.63, 3.8) is 0 Å². The zero-order valence-corrected chi connectivity index (χ0v) is 19.9. The second kappa shape index (κ2) is 18.7. The highest BCUT2D eigenvalue weighted by molar-refractivity contribution is 6.76. The number of terminal acetylenes is 1. The normalized spacial score (nSPS) is 7.47. The first-order chi connectivity index (χ1) is 15.4. The molecule has 0 saturated heterocycles. The fraction of sp³-hybridized carbons (Fsp3) is 0.321. The van der Waals surface area contributed by atoms with Crippen LogP contribution in [0.25, 0.3) is 0 Å². The van der Waals surface area contributed by atoms with E-state index in [1.807, 2.05) is 0 Å². The summed E-state index contributed by atoms with van der Waals surface area (Å²) in [5.41, 5.74) is 0. The third-order valence-electron chi connectivity index (χ3n) is 3.19. The largest absolute Gasteiger partial charge is 0.380 e. The SMILES string of the molecule is C#CC#CC#CC#CC#CC#CC#CC#CC#CN(CCOCCC[Si](C)(C)C)C(C)=O. The van der Waals surface area contributed by atoms with Gasteiger partial charge in [-0.25, -0.2) is 0 Å². The summed E-state index contributed by atoms with van der Waals surface area (Å²) in [7, 11) is -1.03. The van der Waals surface area contributed by atoms with Crippen LogP contribution in [0.15, 0.2) is 0 Å². The molecule has 0 aliphatic carbocycles. The van der Waals surface area contributed by atoms with Crippen molar-refractivity contribution in [1.82, 2.24) is 4.90 Å². The molecule has 32 heavy (non-hydrogen) atoms. The maximum Gasteiger partial charge on any atom is 0.231 e. The maximum absolute atomic E-state index is 11.6. The average molecular weight is 434 g/mol.